The molecule has 0 aliphatic carbocycles. The summed E-state index contributed by atoms with van der Waals surface area (Å²) in [4.78, 5) is 31.3. The minimum Gasteiger partial charge on any atom is -0.350 e. The van der Waals surface area contributed by atoms with Crippen LogP contribution in [0.1, 0.15) is 62.8 Å². The van der Waals surface area contributed by atoms with Crippen molar-refractivity contribution in [2.45, 2.75) is 57.8 Å². The van der Waals surface area contributed by atoms with Gasteiger partial charge in [0.15, 0.2) is 17.3 Å². The van der Waals surface area contributed by atoms with E-state index >= 15 is 0 Å². The van der Waals surface area contributed by atoms with Crippen LogP contribution in [0.3, 0.4) is 0 Å². The highest BCUT2D eigenvalue weighted by molar-refractivity contribution is 6.32. The highest BCUT2D eigenvalue weighted by Crippen LogP contribution is 2.51. The molecule has 0 fully saturated rings. The second kappa shape index (κ2) is 12.5. The lowest BCUT2D eigenvalue weighted by Gasteiger charge is -2.26. The number of nitrogens with zero attached hydrogens (tertiary/aromatic N) is 7. The standard InChI is InChI=1S/C28H22ClF7N8O2/c1-14(2)40-25(46)19-8-16(11-37)7-15(3)18(19)10-22(45)21-9-17(41-44(21)24-20(29)5-4-6-38-24)13-43-39-12-23(42-43)26(30,31)27(32,33)28(34,35)36/h4-9,12,14H,10,13H2,1-3H3,(H,40,46). The fourth-order valence-electron chi connectivity index (χ4n) is 4.31. The molecule has 3 aromatic heterocycles. The average Bonchev–Trinajstić information content (AvgIpc) is 3.61. The van der Waals surface area contributed by atoms with Crippen molar-refractivity contribution in [3.8, 4) is 11.9 Å². The van der Waals surface area contributed by atoms with Crippen LogP contribution in [-0.2, 0) is 18.9 Å². The molecule has 0 radical (unpaired) electrons. The third kappa shape index (κ3) is 6.57. The van der Waals surface area contributed by atoms with E-state index in [9.17, 15) is 45.6 Å². The first-order valence-electron chi connectivity index (χ1n) is 13.2. The van der Waals surface area contributed by atoms with Crippen LogP contribution < -0.4 is 5.32 Å². The molecular weight excluding hydrogens is 649 g/mol. The third-order valence-corrected chi connectivity index (χ3v) is 6.80. The molecule has 18 heteroatoms. The normalized spacial score (nSPS) is 12.3. The lowest BCUT2D eigenvalue weighted by atomic mass is 9.93. The van der Waals surface area contributed by atoms with Crippen LogP contribution in [0.25, 0.3) is 5.82 Å². The summed E-state index contributed by atoms with van der Waals surface area (Å²) in [6.45, 7) is 4.40. The van der Waals surface area contributed by atoms with Crippen LogP contribution in [0, 0.1) is 18.3 Å². The topological polar surface area (TPSA) is 131 Å². The molecule has 0 atom stereocenters. The quantitative estimate of drug-likeness (QED) is 0.172. The van der Waals surface area contributed by atoms with Gasteiger partial charge in [0.2, 0.25) is 0 Å². The van der Waals surface area contributed by atoms with E-state index in [1.54, 1.807) is 20.8 Å². The van der Waals surface area contributed by atoms with Crippen LogP contribution in [-0.4, -0.2) is 59.6 Å². The van der Waals surface area contributed by atoms with Gasteiger partial charge in [-0.05, 0) is 62.2 Å². The maximum atomic E-state index is 14.1. The number of hydrogen-bond acceptors (Lipinski definition) is 7. The van der Waals surface area contributed by atoms with E-state index in [0.29, 0.717) is 10.4 Å². The number of hydrogen-bond donors (Lipinski definition) is 1. The predicted molar refractivity (Wildman–Crippen MR) is 147 cm³/mol. The van der Waals surface area contributed by atoms with Crippen LogP contribution in [0.4, 0.5) is 30.7 Å². The molecule has 10 nitrogen and oxygen atoms in total. The summed E-state index contributed by atoms with van der Waals surface area (Å²) in [5, 5.41) is 22.9. The van der Waals surface area contributed by atoms with Crippen LogP contribution in [0.15, 0.2) is 42.7 Å². The smallest absolute Gasteiger partial charge is 0.350 e. The molecule has 0 bridgehead atoms. The number of alkyl halides is 7. The number of aryl methyl sites for hydroxylation is 1. The minimum atomic E-state index is -6.57. The second-order valence-electron chi connectivity index (χ2n) is 10.3. The van der Waals surface area contributed by atoms with Gasteiger partial charge in [-0.1, -0.05) is 11.6 Å². The summed E-state index contributed by atoms with van der Waals surface area (Å²) in [5.41, 5.74) is -1.24. The number of benzene rings is 1. The molecule has 4 aromatic rings. The Labute approximate surface area is 260 Å². The number of carbonyl (C=O) groups excluding carboxylic acids is 2. The summed E-state index contributed by atoms with van der Waals surface area (Å²) in [7, 11) is 0. The van der Waals surface area contributed by atoms with E-state index in [2.05, 4.69) is 25.6 Å². The molecule has 4 rings (SSSR count). The number of aromatic nitrogens is 6. The van der Waals surface area contributed by atoms with E-state index in [4.69, 9.17) is 11.6 Å². The zero-order valence-corrected chi connectivity index (χ0v) is 24.8. The summed E-state index contributed by atoms with van der Waals surface area (Å²) in [6.07, 6.45) is -5.56. The Kier molecular flexibility index (Phi) is 9.25. The minimum absolute atomic E-state index is 0.0336. The van der Waals surface area contributed by atoms with Gasteiger partial charge in [-0.2, -0.15) is 56.1 Å². The predicted octanol–water partition coefficient (Wildman–Crippen LogP) is 5.59. The van der Waals surface area contributed by atoms with Gasteiger partial charge in [-0.15, -0.1) is 0 Å². The van der Waals surface area contributed by atoms with Crippen molar-refractivity contribution in [3.05, 3.63) is 87.1 Å². The molecule has 46 heavy (non-hydrogen) atoms. The average molecular weight is 671 g/mol. The molecule has 0 spiro atoms. The van der Waals surface area contributed by atoms with Crippen molar-refractivity contribution in [2.24, 2.45) is 0 Å². The number of nitriles is 1. The second-order valence-corrected chi connectivity index (χ2v) is 10.7. The van der Waals surface area contributed by atoms with E-state index in [1.807, 2.05) is 6.07 Å². The highest BCUT2D eigenvalue weighted by atomic mass is 35.5. The maximum absolute atomic E-state index is 14.1. The van der Waals surface area contributed by atoms with Gasteiger partial charge in [-0.3, -0.25) is 9.59 Å². The molecule has 0 aliphatic rings. The van der Waals surface area contributed by atoms with Gasteiger partial charge < -0.3 is 5.32 Å². The van der Waals surface area contributed by atoms with E-state index < -0.39 is 48.4 Å². The number of ketones is 1. The fourth-order valence-corrected chi connectivity index (χ4v) is 4.51. The van der Waals surface area contributed by atoms with Gasteiger partial charge >= 0.3 is 18.0 Å². The van der Waals surface area contributed by atoms with Crippen LogP contribution >= 0.6 is 11.6 Å². The third-order valence-electron chi connectivity index (χ3n) is 6.50. The maximum Gasteiger partial charge on any atom is 0.460 e. The SMILES string of the molecule is Cc1cc(C#N)cc(C(=O)NC(C)C)c1CC(=O)c1cc(Cn2ncc(C(F)(F)C(F)(F)C(F)(F)F)n2)nn1-c1ncccc1Cl. The Morgan fingerprint density at radius 3 is 2.39 bits per heavy atom. The molecule has 0 saturated heterocycles. The number of rotatable bonds is 10. The molecule has 0 saturated carbocycles. The Hall–Kier alpha value is -4.85. The molecule has 1 N–H and O–H groups in total. The van der Waals surface area contributed by atoms with Crippen molar-refractivity contribution in [1.82, 2.24) is 35.1 Å². The van der Waals surface area contributed by atoms with Gasteiger partial charge in [-0.25, -0.2) is 9.67 Å². The lowest BCUT2D eigenvalue weighted by molar-refractivity contribution is -0.360. The fraction of sp³-hybridized carbons (Fsp3) is 0.321. The summed E-state index contributed by atoms with van der Waals surface area (Å²) < 4.78 is 94.3. The Balaban J connectivity index is 1.74. The molecule has 0 unspecified atom stereocenters. The Morgan fingerprint density at radius 1 is 1.09 bits per heavy atom. The molecule has 242 valence electrons. The Bertz CT molecular complexity index is 1840. The number of pyridine rings is 1. The van der Waals surface area contributed by atoms with Crippen molar-refractivity contribution in [2.75, 3.05) is 0 Å². The molecular formula is C28H22ClF7N8O2. The van der Waals surface area contributed by atoms with Crippen molar-refractivity contribution >= 4 is 23.3 Å². The van der Waals surface area contributed by atoms with Gasteiger partial charge in [0.1, 0.15) is 12.2 Å². The molecule has 3 heterocycles. The van der Waals surface area contributed by atoms with E-state index in [0.717, 1.165) is 4.68 Å². The van der Waals surface area contributed by atoms with Crippen LogP contribution in [0.5, 0.6) is 0 Å². The lowest BCUT2D eigenvalue weighted by Crippen LogP contribution is -2.50. The molecule has 0 aliphatic heterocycles. The molecule has 1 amide bonds. The zero-order valence-electron chi connectivity index (χ0n) is 24.0. The Morgan fingerprint density at radius 2 is 1.78 bits per heavy atom. The molecule has 1 aromatic carbocycles. The first kappa shape index (κ1) is 34.0. The number of Topliss-reactive ketones (excluding diaryl/α,β-unsaturated/α-hetero) is 1. The largest absolute Gasteiger partial charge is 0.460 e. The summed E-state index contributed by atoms with van der Waals surface area (Å²) >= 11 is 6.28. The first-order chi connectivity index (χ1) is 21.4. The van der Waals surface area contributed by atoms with Crippen molar-refractivity contribution < 1.29 is 40.3 Å². The number of nitrogens with one attached hydrogen (secondary N) is 1. The van der Waals surface area contributed by atoms with Gasteiger partial charge in [0, 0.05) is 24.2 Å². The summed E-state index contributed by atoms with van der Waals surface area (Å²) in [6, 6.07) is 8.61. The van der Waals surface area contributed by atoms with E-state index in [-0.39, 0.29) is 51.2 Å². The highest BCUT2D eigenvalue weighted by Gasteiger charge is 2.74. The van der Waals surface area contributed by atoms with Crippen LogP contribution in [0.2, 0.25) is 5.02 Å². The first-order valence-corrected chi connectivity index (χ1v) is 13.6. The zero-order chi connectivity index (χ0) is 34.2. The number of halogens is 8. The van der Waals surface area contributed by atoms with Crippen molar-refractivity contribution in [1.29, 1.82) is 5.26 Å². The monoisotopic (exact) mass is 670 g/mol. The summed E-state index contributed by atoms with van der Waals surface area (Å²) in [5.74, 6) is -13.4. The van der Waals surface area contributed by atoms with E-state index in [1.165, 1.54) is 36.5 Å². The number of amides is 1. The van der Waals surface area contributed by atoms with Gasteiger partial charge in [0.25, 0.3) is 5.91 Å². The van der Waals surface area contributed by atoms with Gasteiger partial charge in [0.05, 0.1) is 28.5 Å². The van der Waals surface area contributed by atoms with Crippen molar-refractivity contribution in [3.63, 3.8) is 0 Å². The number of carbonyl (C=O) groups is 2.